The molecule has 0 N–H and O–H groups in total. The molecule has 0 spiro atoms. The molecule has 10 aromatic rings. The normalized spacial score (nSPS) is 11.7. The molecule has 0 saturated carbocycles. The molecule has 3 aromatic heterocycles. The maximum Gasteiger partial charge on any atom is 0.121 e. The molecule has 0 saturated heterocycles. The second-order valence-corrected chi connectivity index (χ2v) is 12.3. The van der Waals surface area contributed by atoms with Gasteiger partial charge in [-0.05, 0) is 54.6 Å². The number of rotatable bonds is 5. The Balaban J connectivity index is 1.21. The van der Waals surface area contributed by atoms with E-state index in [1.807, 2.05) is 28.9 Å². The van der Waals surface area contributed by atoms with Gasteiger partial charge in [-0.25, -0.2) is 4.68 Å². The molecule has 0 radical (unpaired) electrons. The van der Waals surface area contributed by atoms with Crippen LogP contribution in [0, 0.1) is 0 Å². The summed E-state index contributed by atoms with van der Waals surface area (Å²) in [5.74, 6) is 0. The Morgan fingerprint density at radius 2 is 0.939 bits per heavy atom. The SMILES string of the molecule is c1ccc(-c2c(-c3ccc(-n4c5ccccc5c5ccc6c(c7ccccc7n6-c6ccccc6)c54)cc3)nnn2-c2ccccc2)cc1. The van der Waals surface area contributed by atoms with Gasteiger partial charge in [-0.3, -0.25) is 0 Å². The molecule has 49 heavy (non-hydrogen) atoms. The van der Waals surface area contributed by atoms with Gasteiger partial charge in [0.25, 0.3) is 0 Å². The Morgan fingerprint density at radius 3 is 1.65 bits per heavy atom. The van der Waals surface area contributed by atoms with Crippen LogP contribution in [0.1, 0.15) is 0 Å². The molecular formula is C44H29N5. The lowest BCUT2D eigenvalue weighted by molar-refractivity contribution is 0.808. The van der Waals surface area contributed by atoms with Gasteiger partial charge in [-0.15, -0.1) is 5.10 Å². The number of hydrogen-bond acceptors (Lipinski definition) is 2. The van der Waals surface area contributed by atoms with Crippen molar-refractivity contribution in [2.24, 2.45) is 0 Å². The van der Waals surface area contributed by atoms with Crippen LogP contribution in [0.4, 0.5) is 0 Å². The number of hydrogen-bond donors (Lipinski definition) is 0. The van der Waals surface area contributed by atoms with Gasteiger partial charge in [0.1, 0.15) is 11.4 Å². The fraction of sp³-hybridized carbons (Fsp3) is 0. The summed E-state index contributed by atoms with van der Waals surface area (Å²) in [6.07, 6.45) is 0. The second kappa shape index (κ2) is 10.9. The summed E-state index contributed by atoms with van der Waals surface area (Å²) in [5, 5.41) is 14.3. The summed E-state index contributed by atoms with van der Waals surface area (Å²) in [4.78, 5) is 0. The highest BCUT2D eigenvalue weighted by Crippen LogP contribution is 2.42. The number of para-hydroxylation sites is 4. The summed E-state index contributed by atoms with van der Waals surface area (Å²) in [6, 6.07) is 62.1. The van der Waals surface area contributed by atoms with Gasteiger partial charge in [0.15, 0.2) is 0 Å². The third-order valence-electron chi connectivity index (χ3n) is 9.60. The van der Waals surface area contributed by atoms with E-state index in [-0.39, 0.29) is 0 Å². The number of fused-ring (bicyclic) bond motifs is 7. The predicted octanol–water partition coefficient (Wildman–Crippen LogP) is 10.8. The first kappa shape index (κ1) is 27.4. The Bertz CT molecular complexity index is 2790. The van der Waals surface area contributed by atoms with Crippen LogP contribution in [0.3, 0.4) is 0 Å². The Hall–Kier alpha value is -6.72. The van der Waals surface area contributed by atoms with E-state index in [9.17, 15) is 0 Å². The van der Waals surface area contributed by atoms with Gasteiger partial charge in [0.2, 0.25) is 0 Å². The van der Waals surface area contributed by atoms with E-state index < -0.39 is 0 Å². The van der Waals surface area contributed by atoms with Crippen molar-refractivity contribution < 1.29 is 0 Å². The third kappa shape index (κ3) is 4.19. The largest absolute Gasteiger partial charge is 0.309 e. The zero-order valence-electron chi connectivity index (χ0n) is 26.5. The van der Waals surface area contributed by atoms with Crippen molar-refractivity contribution in [3.05, 3.63) is 176 Å². The van der Waals surface area contributed by atoms with Crippen molar-refractivity contribution in [2.75, 3.05) is 0 Å². The molecule has 0 bridgehead atoms. The van der Waals surface area contributed by atoms with Gasteiger partial charge in [0, 0.05) is 44.0 Å². The molecule has 7 aromatic carbocycles. The molecule has 5 nitrogen and oxygen atoms in total. The molecule has 0 aliphatic heterocycles. The smallest absolute Gasteiger partial charge is 0.121 e. The molecule has 0 unspecified atom stereocenters. The lowest BCUT2D eigenvalue weighted by Gasteiger charge is -2.11. The monoisotopic (exact) mass is 627 g/mol. The van der Waals surface area contributed by atoms with E-state index >= 15 is 0 Å². The van der Waals surface area contributed by atoms with E-state index in [4.69, 9.17) is 5.10 Å². The van der Waals surface area contributed by atoms with Crippen LogP contribution in [-0.2, 0) is 0 Å². The van der Waals surface area contributed by atoms with Crippen molar-refractivity contribution >= 4 is 43.6 Å². The number of benzene rings is 7. The van der Waals surface area contributed by atoms with Crippen LogP contribution in [0.25, 0.3) is 83.2 Å². The summed E-state index contributed by atoms with van der Waals surface area (Å²) >= 11 is 0. The van der Waals surface area contributed by atoms with Gasteiger partial charge in [-0.1, -0.05) is 127 Å². The first-order chi connectivity index (χ1) is 24.3. The highest BCUT2D eigenvalue weighted by Gasteiger charge is 2.22. The Morgan fingerprint density at radius 1 is 0.367 bits per heavy atom. The Labute approximate surface area is 282 Å². The highest BCUT2D eigenvalue weighted by molar-refractivity contribution is 6.26. The molecule has 5 heteroatoms. The van der Waals surface area contributed by atoms with Crippen LogP contribution < -0.4 is 0 Å². The zero-order valence-corrected chi connectivity index (χ0v) is 26.5. The van der Waals surface area contributed by atoms with E-state index in [2.05, 4.69) is 166 Å². The summed E-state index contributed by atoms with van der Waals surface area (Å²) < 4.78 is 6.75. The van der Waals surface area contributed by atoms with Gasteiger partial charge in [-0.2, -0.15) is 0 Å². The summed E-state index contributed by atoms with van der Waals surface area (Å²) in [6.45, 7) is 0. The summed E-state index contributed by atoms with van der Waals surface area (Å²) in [7, 11) is 0. The molecule has 0 aliphatic rings. The molecular weight excluding hydrogens is 599 g/mol. The maximum absolute atomic E-state index is 4.74. The topological polar surface area (TPSA) is 40.6 Å². The lowest BCUT2D eigenvalue weighted by Crippen LogP contribution is -1.99. The van der Waals surface area contributed by atoms with Crippen molar-refractivity contribution in [1.29, 1.82) is 0 Å². The minimum atomic E-state index is 0.845. The Kier molecular flexibility index (Phi) is 6.11. The quantitative estimate of drug-likeness (QED) is 0.190. The molecule has 0 amide bonds. The van der Waals surface area contributed by atoms with Crippen molar-refractivity contribution in [3.8, 4) is 39.6 Å². The van der Waals surface area contributed by atoms with Crippen LogP contribution in [0.2, 0.25) is 0 Å². The average Bonchev–Trinajstić information content (AvgIpc) is 3.87. The maximum atomic E-state index is 4.74. The fourth-order valence-electron chi connectivity index (χ4n) is 7.48. The van der Waals surface area contributed by atoms with Gasteiger partial charge >= 0.3 is 0 Å². The molecule has 3 heterocycles. The standard InChI is InChI=1S/C44H29N5/c1-4-14-31(15-5-1)43-42(45-46-49(43)34-18-8-3-9-19-34)30-24-26-33(27-25-30)48-38-22-12-10-20-35(38)36-28-29-40-41(44(36)48)37-21-11-13-23-39(37)47(40)32-16-6-2-7-17-32/h1-29H. The summed E-state index contributed by atoms with van der Waals surface area (Å²) in [5.41, 5.74) is 11.9. The predicted molar refractivity (Wildman–Crippen MR) is 201 cm³/mol. The van der Waals surface area contributed by atoms with E-state index in [1.54, 1.807) is 0 Å². The van der Waals surface area contributed by atoms with E-state index in [1.165, 1.54) is 43.6 Å². The molecule has 10 rings (SSSR count). The first-order valence-corrected chi connectivity index (χ1v) is 16.5. The minimum absolute atomic E-state index is 0.845. The van der Waals surface area contributed by atoms with Crippen LogP contribution in [0.5, 0.6) is 0 Å². The zero-order chi connectivity index (χ0) is 32.3. The highest BCUT2D eigenvalue weighted by atomic mass is 15.4. The molecule has 230 valence electrons. The third-order valence-corrected chi connectivity index (χ3v) is 9.60. The van der Waals surface area contributed by atoms with E-state index in [0.717, 1.165) is 39.6 Å². The number of aromatic nitrogens is 5. The molecule has 0 aliphatic carbocycles. The van der Waals surface area contributed by atoms with Gasteiger partial charge < -0.3 is 9.13 Å². The van der Waals surface area contributed by atoms with Crippen molar-refractivity contribution in [3.63, 3.8) is 0 Å². The van der Waals surface area contributed by atoms with E-state index in [0.29, 0.717) is 0 Å². The average molecular weight is 628 g/mol. The fourth-order valence-corrected chi connectivity index (χ4v) is 7.48. The molecule has 0 atom stereocenters. The number of nitrogens with zero attached hydrogens (tertiary/aromatic N) is 5. The second-order valence-electron chi connectivity index (χ2n) is 12.3. The van der Waals surface area contributed by atoms with Crippen molar-refractivity contribution in [1.82, 2.24) is 24.1 Å². The van der Waals surface area contributed by atoms with Crippen LogP contribution >= 0.6 is 0 Å². The van der Waals surface area contributed by atoms with Crippen molar-refractivity contribution in [2.45, 2.75) is 0 Å². The minimum Gasteiger partial charge on any atom is -0.309 e. The van der Waals surface area contributed by atoms with Crippen LogP contribution in [-0.4, -0.2) is 24.1 Å². The van der Waals surface area contributed by atoms with Gasteiger partial charge in [0.05, 0.1) is 27.8 Å². The first-order valence-electron chi connectivity index (χ1n) is 16.5. The molecule has 0 fully saturated rings. The lowest BCUT2D eigenvalue weighted by atomic mass is 10.0. The van der Waals surface area contributed by atoms with Crippen LogP contribution in [0.15, 0.2) is 176 Å².